The Balaban J connectivity index is 1.44. The van der Waals surface area contributed by atoms with Crippen LogP contribution in [0.4, 0.5) is 5.69 Å². The fourth-order valence-corrected chi connectivity index (χ4v) is 5.09. The highest BCUT2D eigenvalue weighted by Crippen LogP contribution is 2.38. The van der Waals surface area contributed by atoms with Crippen LogP contribution in [-0.2, 0) is 4.79 Å². The van der Waals surface area contributed by atoms with Crippen molar-refractivity contribution >= 4 is 22.5 Å². The molecule has 0 spiro atoms. The van der Waals surface area contributed by atoms with Crippen molar-refractivity contribution in [3.05, 3.63) is 36.1 Å². The number of likely N-dealkylation sites (tertiary alicyclic amines) is 2. The third-order valence-corrected chi connectivity index (χ3v) is 7.18. The maximum Gasteiger partial charge on any atom is 0.224 e. The first-order valence-electron chi connectivity index (χ1n) is 13.0. The van der Waals surface area contributed by atoms with E-state index < -0.39 is 0 Å². The number of methoxy groups -OCH3 is 1. The van der Waals surface area contributed by atoms with E-state index in [2.05, 4.69) is 10.2 Å². The smallest absolute Gasteiger partial charge is 0.224 e. The molecule has 2 aliphatic heterocycles. The number of nitrogens with zero attached hydrogens (tertiary/aromatic N) is 3. The number of aromatic nitrogens is 1. The molecule has 3 aromatic rings. The largest absolute Gasteiger partial charge is 0.493 e. The second-order valence-corrected chi connectivity index (χ2v) is 9.89. The van der Waals surface area contributed by atoms with Crippen molar-refractivity contribution in [2.75, 3.05) is 52.3 Å². The summed E-state index contributed by atoms with van der Waals surface area (Å²) in [5.74, 6) is 3.06. The summed E-state index contributed by atoms with van der Waals surface area (Å²) < 4.78 is 17.8. The van der Waals surface area contributed by atoms with Gasteiger partial charge in [-0.2, -0.15) is 0 Å². The quantitative estimate of drug-likeness (QED) is 0.433. The van der Waals surface area contributed by atoms with Gasteiger partial charge in [0, 0.05) is 49.7 Å². The van der Waals surface area contributed by atoms with Gasteiger partial charge in [0.15, 0.2) is 17.3 Å². The van der Waals surface area contributed by atoms with Crippen molar-refractivity contribution in [3.8, 4) is 23.0 Å². The zero-order valence-electron chi connectivity index (χ0n) is 21.5. The Morgan fingerprint density at radius 3 is 2.69 bits per heavy atom. The zero-order valence-corrected chi connectivity index (χ0v) is 21.5. The SMILES string of the molecule is COc1cc2c(NC3CCN(C)C(=O)C3)cc(-c3ccc(C)o3)nc2cc1OCCCN1CCCC1. The number of furan rings is 1. The van der Waals surface area contributed by atoms with Crippen LogP contribution >= 0.6 is 0 Å². The van der Waals surface area contributed by atoms with Crippen LogP contribution in [0.15, 0.2) is 34.7 Å². The first-order chi connectivity index (χ1) is 17.5. The molecule has 8 nitrogen and oxygen atoms in total. The molecule has 5 rings (SSSR count). The van der Waals surface area contributed by atoms with E-state index in [9.17, 15) is 4.79 Å². The maximum absolute atomic E-state index is 12.3. The lowest BCUT2D eigenvalue weighted by atomic mass is 10.0. The molecule has 2 aliphatic rings. The molecule has 2 fully saturated rings. The maximum atomic E-state index is 12.3. The van der Waals surface area contributed by atoms with Gasteiger partial charge in [0.05, 0.1) is 19.2 Å². The standard InChI is InChI=1S/C28H36N4O4/c1-19-7-8-25(36-19)24-17-22(29-20-9-13-31(2)28(33)15-20)21-16-26(34-3)27(18-23(21)30-24)35-14-6-12-32-10-4-5-11-32/h7-8,16-18,20H,4-6,9-15H2,1-3H3,(H,29,30). The minimum Gasteiger partial charge on any atom is -0.493 e. The fourth-order valence-electron chi connectivity index (χ4n) is 5.09. The number of nitrogens with one attached hydrogen (secondary N) is 1. The predicted molar refractivity (Wildman–Crippen MR) is 141 cm³/mol. The summed E-state index contributed by atoms with van der Waals surface area (Å²) in [5, 5.41) is 4.54. The van der Waals surface area contributed by atoms with Gasteiger partial charge in [-0.1, -0.05) is 0 Å². The predicted octanol–water partition coefficient (Wildman–Crippen LogP) is 4.71. The lowest BCUT2D eigenvalue weighted by Crippen LogP contribution is -2.41. The van der Waals surface area contributed by atoms with Crippen molar-refractivity contribution in [3.63, 3.8) is 0 Å². The molecule has 0 saturated carbocycles. The molecule has 0 aliphatic carbocycles. The van der Waals surface area contributed by atoms with Crippen LogP contribution in [0.1, 0.15) is 37.9 Å². The summed E-state index contributed by atoms with van der Waals surface area (Å²) in [6.07, 6.45) is 4.91. The summed E-state index contributed by atoms with van der Waals surface area (Å²) >= 11 is 0. The number of amides is 1. The number of carbonyl (C=O) groups excluding carboxylic acids is 1. The number of pyridine rings is 1. The van der Waals surface area contributed by atoms with E-state index in [0.29, 0.717) is 30.3 Å². The molecule has 2 saturated heterocycles. The highest BCUT2D eigenvalue weighted by atomic mass is 16.5. The van der Waals surface area contributed by atoms with Crippen molar-refractivity contribution in [2.45, 2.75) is 45.1 Å². The van der Waals surface area contributed by atoms with Gasteiger partial charge in [-0.15, -0.1) is 0 Å². The number of hydrogen-bond donors (Lipinski definition) is 1. The summed E-state index contributed by atoms with van der Waals surface area (Å²) in [7, 11) is 3.52. The van der Waals surface area contributed by atoms with Crippen molar-refractivity contribution in [1.29, 1.82) is 0 Å². The van der Waals surface area contributed by atoms with Crippen molar-refractivity contribution in [2.24, 2.45) is 0 Å². The highest BCUT2D eigenvalue weighted by molar-refractivity contribution is 5.96. The van der Waals surface area contributed by atoms with Crippen LogP contribution in [-0.4, -0.2) is 73.7 Å². The average Bonchev–Trinajstić information content (AvgIpc) is 3.55. The molecule has 1 aromatic carbocycles. The Kier molecular flexibility index (Phi) is 7.32. The number of benzene rings is 1. The lowest BCUT2D eigenvalue weighted by molar-refractivity contribution is -0.132. The Labute approximate surface area is 212 Å². The normalized spacial score (nSPS) is 18.7. The minimum absolute atomic E-state index is 0.0537. The third kappa shape index (κ3) is 5.43. The van der Waals surface area contributed by atoms with Gasteiger partial charge in [0.2, 0.25) is 5.91 Å². The van der Waals surface area contributed by atoms with Crippen LogP contribution in [0.25, 0.3) is 22.4 Å². The Morgan fingerprint density at radius 1 is 1.14 bits per heavy atom. The Bertz CT molecular complexity index is 1220. The fraction of sp³-hybridized carbons (Fsp3) is 0.500. The Hall–Kier alpha value is -3.26. The van der Waals surface area contributed by atoms with Gasteiger partial charge < -0.3 is 29.0 Å². The van der Waals surface area contributed by atoms with Gasteiger partial charge in [-0.25, -0.2) is 4.98 Å². The summed E-state index contributed by atoms with van der Waals surface area (Å²) in [5.41, 5.74) is 2.44. The molecule has 0 radical (unpaired) electrons. The molecule has 1 atom stereocenters. The third-order valence-electron chi connectivity index (χ3n) is 7.18. The molecule has 192 valence electrons. The van der Waals surface area contributed by atoms with E-state index in [1.54, 1.807) is 12.0 Å². The van der Waals surface area contributed by atoms with E-state index in [0.717, 1.165) is 54.0 Å². The number of ether oxygens (including phenoxy) is 2. The summed E-state index contributed by atoms with van der Waals surface area (Å²) in [6.45, 7) is 6.72. The molecular weight excluding hydrogens is 456 g/mol. The van der Waals surface area contributed by atoms with E-state index in [1.807, 2.05) is 44.3 Å². The molecule has 4 heterocycles. The zero-order chi connectivity index (χ0) is 25.1. The molecule has 2 aromatic heterocycles. The molecule has 1 amide bonds. The number of carbonyl (C=O) groups is 1. The van der Waals surface area contributed by atoms with Crippen LogP contribution in [0.3, 0.4) is 0 Å². The monoisotopic (exact) mass is 492 g/mol. The van der Waals surface area contributed by atoms with Crippen LogP contribution < -0.4 is 14.8 Å². The van der Waals surface area contributed by atoms with Gasteiger partial charge in [0.1, 0.15) is 11.5 Å². The van der Waals surface area contributed by atoms with Crippen LogP contribution in [0, 0.1) is 6.92 Å². The number of hydrogen-bond acceptors (Lipinski definition) is 7. The highest BCUT2D eigenvalue weighted by Gasteiger charge is 2.24. The molecule has 36 heavy (non-hydrogen) atoms. The number of fused-ring (bicyclic) bond motifs is 1. The molecule has 1 N–H and O–H groups in total. The van der Waals surface area contributed by atoms with Gasteiger partial charge >= 0.3 is 0 Å². The first kappa shape index (κ1) is 24.4. The van der Waals surface area contributed by atoms with E-state index in [1.165, 1.54) is 25.9 Å². The molecular formula is C28H36N4O4. The number of anilines is 1. The molecule has 0 bridgehead atoms. The summed E-state index contributed by atoms with van der Waals surface area (Å²) in [4.78, 5) is 21.5. The average molecular weight is 493 g/mol. The van der Waals surface area contributed by atoms with Gasteiger partial charge in [0.25, 0.3) is 0 Å². The topological polar surface area (TPSA) is 80.1 Å². The lowest BCUT2D eigenvalue weighted by Gasteiger charge is -2.30. The molecule has 8 heteroatoms. The second-order valence-electron chi connectivity index (χ2n) is 9.89. The minimum atomic E-state index is 0.0537. The Morgan fingerprint density at radius 2 is 1.97 bits per heavy atom. The summed E-state index contributed by atoms with van der Waals surface area (Å²) in [6, 6.07) is 9.86. The van der Waals surface area contributed by atoms with Gasteiger partial charge in [-0.3, -0.25) is 4.79 Å². The van der Waals surface area contributed by atoms with Crippen molar-refractivity contribution in [1.82, 2.24) is 14.8 Å². The molecule has 1 unspecified atom stereocenters. The first-order valence-corrected chi connectivity index (χ1v) is 13.0. The second kappa shape index (κ2) is 10.8. The van der Waals surface area contributed by atoms with E-state index in [4.69, 9.17) is 18.9 Å². The van der Waals surface area contributed by atoms with E-state index in [-0.39, 0.29) is 11.9 Å². The number of piperidine rings is 1. The number of aryl methyl sites for hydroxylation is 1. The van der Waals surface area contributed by atoms with E-state index >= 15 is 0 Å². The van der Waals surface area contributed by atoms with Crippen molar-refractivity contribution < 1.29 is 18.7 Å². The van der Waals surface area contributed by atoms with Crippen LogP contribution in [0.5, 0.6) is 11.5 Å². The van der Waals surface area contributed by atoms with Gasteiger partial charge in [-0.05, 0) is 70.0 Å². The van der Waals surface area contributed by atoms with Crippen LogP contribution in [0.2, 0.25) is 0 Å². The number of rotatable bonds is 9.